The van der Waals surface area contributed by atoms with Crippen LogP contribution in [0.25, 0.3) is 0 Å². The van der Waals surface area contributed by atoms with Crippen LogP contribution in [0.15, 0.2) is 34.5 Å². The molecular weight excluding hydrogens is 312 g/mol. The van der Waals surface area contributed by atoms with E-state index in [-0.39, 0.29) is 18.2 Å². The highest BCUT2D eigenvalue weighted by molar-refractivity contribution is 8.15. The lowest BCUT2D eigenvalue weighted by Crippen LogP contribution is -2.31. The minimum absolute atomic E-state index is 0.138. The van der Waals surface area contributed by atoms with Gasteiger partial charge < -0.3 is 10.6 Å². The first-order chi connectivity index (χ1) is 11.0. The number of benzene rings is 1. The number of amidine groups is 1. The second kappa shape index (κ2) is 7.92. The maximum Gasteiger partial charge on any atom is 0.240 e. The van der Waals surface area contributed by atoms with Crippen LogP contribution in [0.5, 0.6) is 0 Å². The van der Waals surface area contributed by atoms with Gasteiger partial charge in [-0.3, -0.25) is 9.59 Å². The third-order valence-electron chi connectivity index (χ3n) is 3.28. The van der Waals surface area contributed by atoms with Crippen molar-refractivity contribution in [3.8, 4) is 0 Å². The fourth-order valence-electron chi connectivity index (χ4n) is 2.00. The van der Waals surface area contributed by atoms with Crippen LogP contribution >= 0.6 is 11.8 Å². The minimum Gasteiger partial charge on any atom is -0.356 e. The average Bonchev–Trinajstić information content (AvgIpc) is 2.86. The summed E-state index contributed by atoms with van der Waals surface area (Å²) in [4.78, 5) is 23.4. The van der Waals surface area contributed by atoms with E-state index in [0.29, 0.717) is 11.7 Å². The molecule has 122 valence electrons. The molecule has 7 heteroatoms. The van der Waals surface area contributed by atoms with Gasteiger partial charge in [0.1, 0.15) is 5.25 Å². The van der Waals surface area contributed by atoms with Crippen LogP contribution in [-0.4, -0.2) is 34.5 Å². The van der Waals surface area contributed by atoms with Crippen LogP contribution in [0.2, 0.25) is 0 Å². The third-order valence-corrected chi connectivity index (χ3v) is 4.35. The number of nitrogens with zero attached hydrogens (tertiary/aromatic N) is 2. The summed E-state index contributed by atoms with van der Waals surface area (Å²) in [6, 6.07) is 7.98. The summed E-state index contributed by atoms with van der Waals surface area (Å²) < 4.78 is 0. The van der Waals surface area contributed by atoms with E-state index < -0.39 is 5.25 Å². The number of hydrogen-bond donors (Lipinski definition) is 2. The average molecular weight is 332 g/mol. The van der Waals surface area contributed by atoms with E-state index >= 15 is 0 Å². The molecule has 6 nitrogen and oxygen atoms in total. The number of aryl methyl sites for hydroxylation is 1. The Balaban J connectivity index is 2.00. The van der Waals surface area contributed by atoms with Crippen molar-refractivity contribution >= 4 is 34.5 Å². The molecule has 2 rings (SSSR count). The van der Waals surface area contributed by atoms with Gasteiger partial charge in [-0.2, -0.15) is 5.10 Å². The predicted octanol–water partition coefficient (Wildman–Crippen LogP) is 1.83. The van der Waals surface area contributed by atoms with Crippen molar-refractivity contribution in [2.24, 2.45) is 10.2 Å². The molecule has 0 aliphatic carbocycles. The van der Waals surface area contributed by atoms with Gasteiger partial charge in [-0.1, -0.05) is 41.6 Å². The van der Waals surface area contributed by atoms with E-state index in [1.54, 1.807) is 0 Å². The van der Waals surface area contributed by atoms with Gasteiger partial charge in [-0.15, -0.1) is 5.10 Å². The zero-order valence-corrected chi connectivity index (χ0v) is 14.2. The molecule has 1 aliphatic rings. The fourth-order valence-corrected chi connectivity index (χ4v) is 2.91. The molecule has 1 heterocycles. The first kappa shape index (κ1) is 17.2. The smallest absolute Gasteiger partial charge is 0.240 e. The summed E-state index contributed by atoms with van der Waals surface area (Å²) in [5.74, 6) is -0.344. The zero-order valence-electron chi connectivity index (χ0n) is 13.4. The molecule has 2 N–H and O–H groups in total. The number of hydrogen-bond acceptors (Lipinski definition) is 5. The molecule has 2 amide bonds. The summed E-state index contributed by atoms with van der Waals surface area (Å²) in [5, 5.41) is 13.6. The molecule has 23 heavy (non-hydrogen) atoms. The summed E-state index contributed by atoms with van der Waals surface area (Å²) in [7, 11) is 0. The predicted molar refractivity (Wildman–Crippen MR) is 93.6 cm³/mol. The lowest BCUT2D eigenvalue weighted by Gasteiger charge is -2.04. The van der Waals surface area contributed by atoms with E-state index in [9.17, 15) is 9.59 Å². The van der Waals surface area contributed by atoms with E-state index in [0.717, 1.165) is 11.3 Å². The Labute approximate surface area is 139 Å². The molecule has 0 spiro atoms. The van der Waals surface area contributed by atoms with Crippen LogP contribution in [0.1, 0.15) is 31.4 Å². The van der Waals surface area contributed by atoms with Gasteiger partial charge in [-0.25, -0.2) is 0 Å². The van der Waals surface area contributed by atoms with Crippen molar-refractivity contribution in [2.45, 2.75) is 32.4 Å². The molecule has 0 saturated carbocycles. The van der Waals surface area contributed by atoms with Crippen LogP contribution in [0.3, 0.4) is 0 Å². The molecule has 0 unspecified atom stereocenters. The number of carbonyl (C=O) groups excluding carboxylic acids is 2. The Morgan fingerprint density at radius 1 is 1.35 bits per heavy atom. The highest BCUT2D eigenvalue weighted by Gasteiger charge is 2.32. The van der Waals surface area contributed by atoms with E-state index in [1.165, 1.54) is 17.3 Å². The first-order valence-corrected chi connectivity index (χ1v) is 8.31. The lowest BCUT2D eigenvalue weighted by molar-refractivity contribution is -0.125. The SMILES string of the molecule is CCNC(=O)C[C@@H]1S/C(=N/N=C(/C)c2ccc(C)cc2)NC1=O. The standard InChI is InChI=1S/C16H20N4O2S/c1-4-17-14(21)9-13-15(22)18-16(23-13)20-19-11(3)12-7-5-10(2)6-8-12/h5-8,13H,4,9H2,1-3H3,(H,17,21)(H,18,20,22)/b19-11-/t13-/m0/s1. The maximum absolute atomic E-state index is 11.8. The molecule has 0 aromatic heterocycles. The quantitative estimate of drug-likeness (QED) is 0.637. The summed E-state index contributed by atoms with van der Waals surface area (Å²) in [6.07, 6.45) is 0.143. The van der Waals surface area contributed by atoms with Crippen molar-refractivity contribution < 1.29 is 9.59 Å². The number of nitrogens with one attached hydrogen (secondary N) is 2. The van der Waals surface area contributed by atoms with E-state index in [1.807, 2.05) is 45.0 Å². The van der Waals surface area contributed by atoms with Crippen molar-refractivity contribution in [1.29, 1.82) is 0 Å². The van der Waals surface area contributed by atoms with Crippen LogP contribution in [-0.2, 0) is 9.59 Å². The Bertz CT molecular complexity index is 653. The van der Waals surface area contributed by atoms with Gasteiger partial charge in [0.15, 0.2) is 5.17 Å². The summed E-state index contributed by atoms with van der Waals surface area (Å²) in [5.41, 5.74) is 2.92. The Hall–Kier alpha value is -2.15. The van der Waals surface area contributed by atoms with E-state index in [4.69, 9.17) is 0 Å². The third kappa shape index (κ3) is 4.92. The van der Waals surface area contributed by atoms with Gasteiger partial charge in [-0.05, 0) is 26.3 Å². The molecule has 1 aromatic rings. The van der Waals surface area contributed by atoms with Crippen molar-refractivity contribution in [3.63, 3.8) is 0 Å². The van der Waals surface area contributed by atoms with Crippen LogP contribution < -0.4 is 10.6 Å². The number of rotatable bonds is 5. The monoisotopic (exact) mass is 332 g/mol. The van der Waals surface area contributed by atoms with E-state index in [2.05, 4.69) is 20.8 Å². The second-order valence-electron chi connectivity index (χ2n) is 5.21. The van der Waals surface area contributed by atoms with Gasteiger partial charge in [0, 0.05) is 13.0 Å². The Morgan fingerprint density at radius 3 is 2.70 bits per heavy atom. The normalized spacial score (nSPS) is 19.8. The maximum atomic E-state index is 11.8. The molecule has 1 fully saturated rings. The number of amides is 2. The van der Waals surface area contributed by atoms with Crippen LogP contribution in [0.4, 0.5) is 0 Å². The Kier molecular flexibility index (Phi) is 5.92. The second-order valence-corrected chi connectivity index (χ2v) is 6.40. The number of thioether (sulfide) groups is 1. The minimum atomic E-state index is -0.449. The van der Waals surface area contributed by atoms with Crippen molar-refractivity contribution in [3.05, 3.63) is 35.4 Å². The highest BCUT2D eigenvalue weighted by Crippen LogP contribution is 2.22. The molecule has 1 saturated heterocycles. The van der Waals surface area contributed by atoms with Gasteiger partial charge in [0.2, 0.25) is 11.8 Å². The molecule has 1 aromatic carbocycles. The molecule has 1 aliphatic heterocycles. The van der Waals surface area contributed by atoms with Gasteiger partial charge >= 0.3 is 0 Å². The summed E-state index contributed by atoms with van der Waals surface area (Å²) >= 11 is 1.23. The van der Waals surface area contributed by atoms with Gasteiger partial charge in [0.05, 0.1) is 5.71 Å². The van der Waals surface area contributed by atoms with Crippen molar-refractivity contribution in [2.75, 3.05) is 6.54 Å². The molecule has 0 bridgehead atoms. The highest BCUT2D eigenvalue weighted by atomic mass is 32.2. The fraction of sp³-hybridized carbons (Fsp3) is 0.375. The molecular formula is C16H20N4O2S. The number of carbonyl (C=O) groups is 2. The zero-order chi connectivity index (χ0) is 16.8. The van der Waals surface area contributed by atoms with Crippen molar-refractivity contribution in [1.82, 2.24) is 10.6 Å². The lowest BCUT2D eigenvalue weighted by atomic mass is 10.1. The topological polar surface area (TPSA) is 82.9 Å². The largest absolute Gasteiger partial charge is 0.356 e. The van der Waals surface area contributed by atoms with Crippen LogP contribution in [0, 0.1) is 6.92 Å². The first-order valence-electron chi connectivity index (χ1n) is 7.43. The summed E-state index contributed by atoms with van der Waals surface area (Å²) in [6.45, 7) is 6.28. The molecule has 1 atom stereocenters. The molecule has 0 radical (unpaired) electrons. The Morgan fingerprint density at radius 2 is 2.04 bits per heavy atom. The van der Waals surface area contributed by atoms with Gasteiger partial charge in [0.25, 0.3) is 0 Å².